The van der Waals surface area contributed by atoms with Crippen molar-refractivity contribution in [3.63, 3.8) is 0 Å². The van der Waals surface area contributed by atoms with Gasteiger partial charge in [0.25, 0.3) is 0 Å². The van der Waals surface area contributed by atoms with E-state index in [4.69, 9.17) is 5.11 Å². The van der Waals surface area contributed by atoms with E-state index in [-0.39, 0.29) is 17.6 Å². The summed E-state index contributed by atoms with van der Waals surface area (Å²) < 4.78 is 14.1. The van der Waals surface area contributed by atoms with Crippen LogP contribution >= 0.6 is 0 Å². The molecule has 4 nitrogen and oxygen atoms in total. The minimum Gasteiger partial charge on any atom is -0.477 e. The van der Waals surface area contributed by atoms with Gasteiger partial charge in [0, 0.05) is 16.9 Å². The number of aromatic nitrogens is 1. The third-order valence-corrected chi connectivity index (χ3v) is 4.70. The maximum absolute atomic E-state index is 14.1. The van der Waals surface area contributed by atoms with Crippen LogP contribution in [0, 0.1) is 5.82 Å². The minimum absolute atomic E-state index is 0.123. The molecule has 0 aliphatic carbocycles. The van der Waals surface area contributed by atoms with Crippen molar-refractivity contribution >= 4 is 16.9 Å². The number of rotatable bonds is 2. The number of carboxylic acids is 1. The monoisotopic (exact) mass is 324 g/mol. The van der Waals surface area contributed by atoms with E-state index in [1.165, 1.54) is 0 Å². The smallest absolute Gasteiger partial charge is 0.352 e. The molecule has 0 spiro atoms. The van der Waals surface area contributed by atoms with Crippen LogP contribution in [0.5, 0.6) is 0 Å². The van der Waals surface area contributed by atoms with Crippen LogP contribution in [0.4, 0.5) is 4.39 Å². The second-order valence-electron chi connectivity index (χ2n) is 6.24. The standard InChI is InChI=1S/C19H17FN2O2/c1-10-15-8-13(20)9-16(14(15)4-5-21-10)11-2-3-17-12(6-11)7-18(22-17)19(23)24/h2-3,6-10,21-22H,4-5H2,1H3,(H,23,24)/t10-/m1/s1. The Hall–Kier alpha value is -2.66. The Labute approximate surface area is 138 Å². The molecule has 0 saturated heterocycles. The molecule has 24 heavy (non-hydrogen) atoms. The van der Waals surface area contributed by atoms with Crippen molar-refractivity contribution in [3.8, 4) is 11.1 Å². The normalized spacial score (nSPS) is 17.0. The zero-order chi connectivity index (χ0) is 16.8. The Bertz CT molecular complexity index is 961. The molecule has 1 aliphatic rings. The molecule has 1 atom stereocenters. The summed E-state index contributed by atoms with van der Waals surface area (Å²) in [5.41, 5.74) is 4.87. The fraction of sp³-hybridized carbons (Fsp3) is 0.211. The summed E-state index contributed by atoms with van der Waals surface area (Å²) in [5.74, 6) is -1.24. The Kier molecular flexibility index (Phi) is 3.39. The first-order valence-electron chi connectivity index (χ1n) is 7.95. The number of carboxylic acid groups (broad SMARTS) is 1. The van der Waals surface area contributed by atoms with Crippen LogP contribution in [0.25, 0.3) is 22.0 Å². The zero-order valence-electron chi connectivity index (χ0n) is 13.2. The van der Waals surface area contributed by atoms with Gasteiger partial charge in [-0.05, 0) is 72.5 Å². The summed E-state index contributed by atoms with van der Waals surface area (Å²) >= 11 is 0. The fourth-order valence-corrected chi connectivity index (χ4v) is 3.52. The third-order valence-electron chi connectivity index (χ3n) is 4.70. The van der Waals surface area contributed by atoms with Gasteiger partial charge in [0.1, 0.15) is 11.5 Å². The maximum Gasteiger partial charge on any atom is 0.352 e. The van der Waals surface area contributed by atoms with Crippen molar-refractivity contribution in [1.82, 2.24) is 10.3 Å². The van der Waals surface area contributed by atoms with Crippen molar-refractivity contribution in [3.05, 3.63) is 59.0 Å². The topological polar surface area (TPSA) is 65.1 Å². The highest BCUT2D eigenvalue weighted by molar-refractivity contribution is 5.95. The predicted molar refractivity (Wildman–Crippen MR) is 90.8 cm³/mol. The first-order chi connectivity index (χ1) is 11.5. The van der Waals surface area contributed by atoms with Crippen LogP contribution in [-0.2, 0) is 6.42 Å². The fourth-order valence-electron chi connectivity index (χ4n) is 3.52. The van der Waals surface area contributed by atoms with Gasteiger partial charge < -0.3 is 15.4 Å². The van der Waals surface area contributed by atoms with E-state index in [2.05, 4.69) is 10.3 Å². The second kappa shape index (κ2) is 5.46. The molecule has 0 amide bonds. The molecule has 0 radical (unpaired) electrons. The van der Waals surface area contributed by atoms with E-state index in [0.29, 0.717) is 0 Å². The highest BCUT2D eigenvalue weighted by Crippen LogP contribution is 2.34. The van der Waals surface area contributed by atoms with Gasteiger partial charge in [-0.1, -0.05) is 6.07 Å². The molecule has 0 fully saturated rings. The van der Waals surface area contributed by atoms with E-state index in [1.807, 2.05) is 25.1 Å². The quantitative estimate of drug-likeness (QED) is 0.670. The van der Waals surface area contributed by atoms with Crippen LogP contribution in [0.15, 0.2) is 36.4 Å². The summed E-state index contributed by atoms with van der Waals surface area (Å²) in [7, 11) is 0. The summed E-state index contributed by atoms with van der Waals surface area (Å²) in [6, 6.07) is 10.6. The summed E-state index contributed by atoms with van der Waals surface area (Å²) in [4.78, 5) is 14.0. The second-order valence-corrected chi connectivity index (χ2v) is 6.24. The largest absolute Gasteiger partial charge is 0.477 e. The van der Waals surface area contributed by atoms with Gasteiger partial charge in [0.2, 0.25) is 0 Å². The molecule has 2 aromatic carbocycles. The Balaban J connectivity index is 1.89. The van der Waals surface area contributed by atoms with Crippen molar-refractivity contribution in [2.75, 3.05) is 6.54 Å². The molecule has 3 aromatic rings. The summed E-state index contributed by atoms with van der Waals surface area (Å²) in [6.07, 6.45) is 0.848. The Morgan fingerprint density at radius 2 is 2.08 bits per heavy atom. The number of hydrogen-bond donors (Lipinski definition) is 3. The van der Waals surface area contributed by atoms with Crippen LogP contribution in [0.3, 0.4) is 0 Å². The molecule has 4 rings (SSSR count). The summed E-state index contributed by atoms with van der Waals surface area (Å²) in [6.45, 7) is 2.90. The van der Waals surface area contributed by atoms with Gasteiger partial charge in [-0.2, -0.15) is 0 Å². The molecule has 0 saturated carbocycles. The number of hydrogen-bond acceptors (Lipinski definition) is 2. The van der Waals surface area contributed by atoms with Crippen LogP contribution < -0.4 is 5.32 Å². The number of H-pyrrole nitrogens is 1. The van der Waals surface area contributed by atoms with Gasteiger partial charge in [0.05, 0.1) is 0 Å². The van der Waals surface area contributed by atoms with Crippen LogP contribution in [0.2, 0.25) is 0 Å². The molecule has 1 aliphatic heterocycles. The Morgan fingerprint density at radius 1 is 1.25 bits per heavy atom. The van der Waals surface area contributed by atoms with Crippen molar-refractivity contribution in [1.29, 1.82) is 0 Å². The van der Waals surface area contributed by atoms with Crippen molar-refractivity contribution < 1.29 is 14.3 Å². The first kappa shape index (κ1) is 14.9. The number of fused-ring (bicyclic) bond motifs is 2. The number of carbonyl (C=O) groups is 1. The first-order valence-corrected chi connectivity index (χ1v) is 7.95. The lowest BCUT2D eigenvalue weighted by Gasteiger charge is -2.26. The predicted octanol–water partition coefficient (Wildman–Crippen LogP) is 3.88. The van der Waals surface area contributed by atoms with Crippen molar-refractivity contribution in [2.45, 2.75) is 19.4 Å². The lowest BCUT2D eigenvalue weighted by molar-refractivity contribution is 0.0691. The molecular formula is C19H17FN2O2. The minimum atomic E-state index is -0.990. The average molecular weight is 324 g/mol. The van der Waals surface area contributed by atoms with Crippen LogP contribution in [-0.4, -0.2) is 22.6 Å². The van der Waals surface area contributed by atoms with Gasteiger partial charge in [-0.15, -0.1) is 0 Å². The van der Waals surface area contributed by atoms with E-state index >= 15 is 0 Å². The van der Waals surface area contributed by atoms with Gasteiger partial charge in [-0.3, -0.25) is 0 Å². The zero-order valence-corrected chi connectivity index (χ0v) is 13.2. The SMILES string of the molecule is C[C@H]1NCCc2c(-c3ccc4[nH]c(C(=O)O)cc4c3)cc(F)cc21. The molecule has 122 valence electrons. The number of aromatic carboxylic acids is 1. The van der Waals surface area contributed by atoms with E-state index in [1.54, 1.807) is 18.2 Å². The summed E-state index contributed by atoms with van der Waals surface area (Å²) in [5, 5.41) is 13.3. The van der Waals surface area contributed by atoms with E-state index < -0.39 is 5.97 Å². The molecule has 0 unspecified atom stereocenters. The molecule has 0 bridgehead atoms. The Morgan fingerprint density at radius 3 is 2.88 bits per heavy atom. The molecule has 1 aromatic heterocycles. The lowest BCUT2D eigenvalue weighted by Crippen LogP contribution is -2.28. The number of nitrogens with one attached hydrogen (secondary N) is 2. The highest BCUT2D eigenvalue weighted by atomic mass is 19.1. The van der Waals surface area contributed by atoms with Crippen LogP contribution in [0.1, 0.15) is 34.6 Å². The lowest BCUT2D eigenvalue weighted by atomic mass is 9.88. The third kappa shape index (κ3) is 2.37. The van der Waals surface area contributed by atoms with Gasteiger partial charge in [-0.25, -0.2) is 9.18 Å². The number of aromatic amines is 1. The number of benzene rings is 2. The van der Waals surface area contributed by atoms with Crippen molar-refractivity contribution in [2.24, 2.45) is 0 Å². The molecule has 3 N–H and O–H groups in total. The number of halogens is 1. The molecule has 5 heteroatoms. The van der Waals surface area contributed by atoms with E-state index in [9.17, 15) is 9.18 Å². The highest BCUT2D eigenvalue weighted by Gasteiger charge is 2.21. The average Bonchev–Trinajstić information content (AvgIpc) is 2.98. The molecule has 2 heterocycles. The van der Waals surface area contributed by atoms with Gasteiger partial charge in [0.15, 0.2) is 0 Å². The van der Waals surface area contributed by atoms with Gasteiger partial charge >= 0.3 is 5.97 Å². The maximum atomic E-state index is 14.1. The molecular weight excluding hydrogens is 307 g/mol. The van der Waals surface area contributed by atoms with E-state index in [0.717, 1.165) is 46.1 Å².